The van der Waals surface area contributed by atoms with Crippen molar-refractivity contribution in [2.24, 2.45) is 5.92 Å². The van der Waals surface area contributed by atoms with Crippen LogP contribution in [0.4, 0.5) is 4.79 Å². The van der Waals surface area contributed by atoms with Crippen molar-refractivity contribution in [3.63, 3.8) is 0 Å². The second kappa shape index (κ2) is 10.7. The van der Waals surface area contributed by atoms with Gasteiger partial charge in [0, 0.05) is 18.2 Å². The van der Waals surface area contributed by atoms with E-state index in [1.807, 2.05) is 0 Å². The molecular weight excluding hydrogens is 356 g/mol. The maximum absolute atomic E-state index is 12.3. The highest BCUT2D eigenvalue weighted by atomic mass is 32.2. The molecule has 0 saturated carbocycles. The zero-order valence-electron chi connectivity index (χ0n) is 13.9. The van der Waals surface area contributed by atoms with Crippen molar-refractivity contribution in [1.82, 2.24) is 4.90 Å². The highest BCUT2D eigenvalue weighted by Gasteiger charge is 2.35. The fourth-order valence-corrected chi connectivity index (χ4v) is 3.07. The summed E-state index contributed by atoms with van der Waals surface area (Å²) in [4.78, 5) is 50.4. The Bertz CT molecular complexity index is 501. The first-order valence-electron chi connectivity index (χ1n) is 7.93. The lowest BCUT2D eigenvalue weighted by Gasteiger charge is -2.24. The number of hydrogen-bond donors (Lipinski definition) is 1. The smallest absolute Gasteiger partial charge is 0.367 e. The summed E-state index contributed by atoms with van der Waals surface area (Å²) in [7, 11) is 0. The van der Waals surface area contributed by atoms with Crippen LogP contribution >= 0.6 is 11.8 Å². The van der Waals surface area contributed by atoms with Crippen LogP contribution in [0.2, 0.25) is 0 Å². The Hall–Kier alpha value is -2.04. The van der Waals surface area contributed by atoms with Crippen molar-refractivity contribution in [2.45, 2.75) is 38.6 Å². The first-order chi connectivity index (χ1) is 11.8. The molecule has 0 radical (unpaired) electrons. The lowest BCUT2D eigenvalue weighted by atomic mass is 10.1. The molecule has 0 aliphatic carbocycles. The maximum atomic E-state index is 12.3. The number of nitrogens with zero attached hydrogens (tertiary/aromatic N) is 2. The fourth-order valence-electron chi connectivity index (χ4n) is 2.38. The van der Waals surface area contributed by atoms with Gasteiger partial charge >= 0.3 is 11.3 Å². The molecule has 0 aromatic rings. The SMILES string of the molecule is C[C@H](CSC(=O)OCCCCO[N+](=O)[O-])C(=O)N1CCC[C@H]1C(=O)O. The number of unbranched alkanes of at least 4 members (excludes halogenated alkanes) is 1. The molecule has 1 N–H and O–H groups in total. The van der Waals surface area contributed by atoms with Gasteiger partial charge < -0.3 is 19.6 Å². The van der Waals surface area contributed by atoms with E-state index in [0.717, 1.165) is 11.8 Å². The fraction of sp³-hybridized carbons (Fsp3) is 0.786. The van der Waals surface area contributed by atoms with Crippen LogP contribution in [-0.4, -0.2) is 63.8 Å². The lowest BCUT2D eigenvalue weighted by Crippen LogP contribution is -2.43. The Morgan fingerprint density at radius 2 is 2.04 bits per heavy atom. The van der Waals surface area contributed by atoms with E-state index in [2.05, 4.69) is 4.84 Å². The summed E-state index contributed by atoms with van der Waals surface area (Å²) in [6, 6.07) is -0.784. The summed E-state index contributed by atoms with van der Waals surface area (Å²) in [5.74, 6) is -1.58. The monoisotopic (exact) mass is 378 g/mol. The molecule has 0 unspecified atom stereocenters. The van der Waals surface area contributed by atoms with Crippen LogP contribution < -0.4 is 0 Å². The van der Waals surface area contributed by atoms with E-state index < -0.39 is 28.3 Å². The third-order valence-electron chi connectivity index (χ3n) is 3.65. The summed E-state index contributed by atoms with van der Waals surface area (Å²) in [5, 5.41) is 17.6. The molecule has 0 spiro atoms. The summed E-state index contributed by atoms with van der Waals surface area (Å²) >= 11 is 0.854. The topological polar surface area (TPSA) is 136 Å². The molecule has 1 saturated heterocycles. The average Bonchev–Trinajstić information content (AvgIpc) is 3.04. The van der Waals surface area contributed by atoms with Crippen molar-refractivity contribution in [3.05, 3.63) is 10.1 Å². The predicted octanol–water partition coefficient (Wildman–Crippen LogP) is 1.56. The number of rotatable bonds is 10. The first kappa shape index (κ1) is 21.0. The van der Waals surface area contributed by atoms with Crippen molar-refractivity contribution in [3.8, 4) is 0 Å². The molecule has 11 heteroatoms. The van der Waals surface area contributed by atoms with Gasteiger partial charge in [0.1, 0.15) is 6.04 Å². The molecule has 1 aliphatic heterocycles. The number of ether oxygens (including phenoxy) is 1. The number of likely N-dealkylation sites (tertiary alicyclic amines) is 1. The van der Waals surface area contributed by atoms with Gasteiger partial charge in [-0.15, -0.1) is 10.1 Å². The lowest BCUT2D eigenvalue weighted by molar-refractivity contribution is -0.757. The maximum Gasteiger partial charge on any atom is 0.367 e. The number of amides is 1. The normalized spacial score (nSPS) is 17.8. The van der Waals surface area contributed by atoms with Crippen molar-refractivity contribution in [1.29, 1.82) is 0 Å². The Labute approximate surface area is 148 Å². The van der Waals surface area contributed by atoms with E-state index in [9.17, 15) is 24.5 Å². The van der Waals surface area contributed by atoms with Crippen LogP contribution in [0.25, 0.3) is 0 Å². The largest absolute Gasteiger partial charge is 0.480 e. The Morgan fingerprint density at radius 3 is 2.68 bits per heavy atom. The summed E-state index contributed by atoms with van der Waals surface area (Å²) in [6.45, 7) is 2.13. The number of carboxylic acid groups (broad SMARTS) is 1. The van der Waals surface area contributed by atoms with Gasteiger partial charge in [-0.05, 0) is 37.4 Å². The van der Waals surface area contributed by atoms with Crippen molar-refractivity contribution < 1.29 is 34.2 Å². The number of thioether (sulfide) groups is 1. The van der Waals surface area contributed by atoms with Crippen LogP contribution in [0.3, 0.4) is 0 Å². The average molecular weight is 378 g/mol. The Balaban J connectivity index is 2.21. The molecule has 2 atom stereocenters. The second-order valence-electron chi connectivity index (χ2n) is 5.60. The van der Waals surface area contributed by atoms with E-state index in [-0.39, 0.29) is 24.9 Å². The quantitative estimate of drug-likeness (QED) is 0.260. The zero-order valence-corrected chi connectivity index (χ0v) is 14.7. The minimum absolute atomic E-state index is 0.0518. The van der Waals surface area contributed by atoms with E-state index >= 15 is 0 Å². The molecule has 142 valence electrons. The molecule has 10 nitrogen and oxygen atoms in total. The molecule has 0 aromatic carbocycles. The van der Waals surface area contributed by atoms with Crippen LogP contribution in [0.5, 0.6) is 0 Å². The van der Waals surface area contributed by atoms with Gasteiger partial charge in [-0.2, -0.15) is 0 Å². The molecule has 1 rings (SSSR count). The second-order valence-corrected chi connectivity index (χ2v) is 6.56. The number of aliphatic carboxylic acids is 1. The molecule has 0 bridgehead atoms. The van der Waals surface area contributed by atoms with E-state index in [1.165, 1.54) is 4.90 Å². The third-order valence-corrected chi connectivity index (χ3v) is 4.67. The molecule has 0 aromatic heterocycles. The van der Waals surface area contributed by atoms with Crippen LogP contribution in [0.15, 0.2) is 0 Å². The molecule has 1 aliphatic rings. The van der Waals surface area contributed by atoms with Gasteiger partial charge in [-0.3, -0.25) is 4.79 Å². The van der Waals surface area contributed by atoms with Gasteiger partial charge in [0.15, 0.2) is 0 Å². The highest BCUT2D eigenvalue weighted by Crippen LogP contribution is 2.22. The van der Waals surface area contributed by atoms with Crippen LogP contribution in [-0.2, 0) is 19.2 Å². The van der Waals surface area contributed by atoms with Gasteiger partial charge in [0.2, 0.25) is 5.91 Å². The zero-order chi connectivity index (χ0) is 18.8. The van der Waals surface area contributed by atoms with E-state index in [0.29, 0.717) is 32.2 Å². The van der Waals surface area contributed by atoms with Gasteiger partial charge in [-0.25, -0.2) is 9.59 Å². The van der Waals surface area contributed by atoms with Crippen LogP contribution in [0.1, 0.15) is 32.6 Å². The van der Waals surface area contributed by atoms with Gasteiger partial charge in [-0.1, -0.05) is 6.92 Å². The predicted molar refractivity (Wildman–Crippen MR) is 87.5 cm³/mol. The number of hydrogen-bond acceptors (Lipinski definition) is 8. The number of carboxylic acids is 1. The molecule has 25 heavy (non-hydrogen) atoms. The Kier molecular flexibility index (Phi) is 9.03. The van der Waals surface area contributed by atoms with Crippen molar-refractivity contribution in [2.75, 3.05) is 25.5 Å². The summed E-state index contributed by atoms with van der Waals surface area (Å²) in [5.41, 5.74) is 0. The standard InChI is InChI=1S/C14H22N2O8S/c1-10(12(17)15-6-4-5-11(15)13(18)19)9-25-14(20)23-7-2-3-8-24-16(21)22/h10-11H,2-9H2,1H3,(H,18,19)/t10-,11+/m1/s1. The van der Waals surface area contributed by atoms with Crippen LogP contribution in [0, 0.1) is 16.0 Å². The molecule has 1 heterocycles. The van der Waals surface area contributed by atoms with E-state index in [4.69, 9.17) is 9.84 Å². The molecule has 1 amide bonds. The Morgan fingerprint density at radius 1 is 1.36 bits per heavy atom. The number of carbonyl (C=O) groups excluding carboxylic acids is 2. The highest BCUT2D eigenvalue weighted by molar-refractivity contribution is 8.13. The van der Waals surface area contributed by atoms with Gasteiger partial charge in [0.25, 0.3) is 5.09 Å². The summed E-state index contributed by atoms with van der Waals surface area (Å²) < 4.78 is 4.94. The molecular formula is C14H22N2O8S. The first-order valence-corrected chi connectivity index (χ1v) is 8.91. The van der Waals surface area contributed by atoms with Gasteiger partial charge in [0.05, 0.1) is 13.2 Å². The third kappa shape index (κ3) is 7.59. The number of carbonyl (C=O) groups is 3. The minimum atomic E-state index is -1.01. The summed E-state index contributed by atoms with van der Waals surface area (Å²) in [6.07, 6.45) is 1.93. The van der Waals surface area contributed by atoms with Crippen molar-refractivity contribution >= 4 is 28.9 Å². The van der Waals surface area contributed by atoms with E-state index in [1.54, 1.807) is 6.92 Å². The minimum Gasteiger partial charge on any atom is -0.480 e. The molecule has 1 fully saturated rings.